The van der Waals surface area contributed by atoms with Crippen LogP contribution in [0.1, 0.15) is 18.4 Å². The second-order valence-corrected chi connectivity index (χ2v) is 6.17. The van der Waals surface area contributed by atoms with Crippen molar-refractivity contribution in [2.75, 3.05) is 23.3 Å². The Balaban J connectivity index is 1.64. The van der Waals surface area contributed by atoms with Crippen LogP contribution in [-0.4, -0.2) is 13.1 Å². The highest BCUT2D eigenvalue weighted by atomic mass is 35.5. The fraction of sp³-hybridized carbons (Fsp3) is 0.294. The largest absolute Gasteiger partial charge is 0.381 e. The van der Waals surface area contributed by atoms with Gasteiger partial charge < -0.3 is 10.2 Å². The molecule has 0 spiro atoms. The van der Waals surface area contributed by atoms with Crippen LogP contribution in [0.2, 0.25) is 10.0 Å². The van der Waals surface area contributed by atoms with E-state index in [9.17, 15) is 0 Å². The number of halogens is 2. The van der Waals surface area contributed by atoms with Gasteiger partial charge in [0.05, 0.1) is 0 Å². The van der Waals surface area contributed by atoms with Crippen LogP contribution in [0, 0.1) is 0 Å². The zero-order valence-electron chi connectivity index (χ0n) is 11.8. The lowest BCUT2D eigenvalue weighted by atomic mass is 10.2. The average Bonchev–Trinajstić information content (AvgIpc) is 3.03. The second-order valence-electron chi connectivity index (χ2n) is 5.33. The first kappa shape index (κ1) is 14.6. The van der Waals surface area contributed by atoms with Gasteiger partial charge in [-0.1, -0.05) is 23.2 Å². The van der Waals surface area contributed by atoms with Crippen molar-refractivity contribution in [2.24, 2.45) is 0 Å². The Labute approximate surface area is 135 Å². The van der Waals surface area contributed by atoms with Crippen molar-refractivity contribution in [1.29, 1.82) is 0 Å². The molecule has 3 rings (SSSR count). The Hall–Kier alpha value is -1.38. The van der Waals surface area contributed by atoms with Crippen LogP contribution < -0.4 is 10.2 Å². The maximum atomic E-state index is 6.17. The van der Waals surface area contributed by atoms with Gasteiger partial charge in [0.15, 0.2) is 0 Å². The predicted octanol–water partition coefficient (Wildman–Crippen LogP) is 5.21. The summed E-state index contributed by atoms with van der Waals surface area (Å²) in [6, 6.07) is 14.1. The molecular formula is C17H18Cl2N2. The minimum atomic E-state index is 0.669. The van der Waals surface area contributed by atoms with E-state index in [0.717, 1.165) is 16.3 Å². The zero-order valence-corrected chi connectivity index (χ0v) is 13.3. The summed E-state index contributed by atoms with van der Waals surface area (Å²) in [5.74, 6) is 0. The molecule has 1 heterocycles. The van der Waals surface area contributed by atoms with E-state index >= 15 is 0 Å². The van der Waals surface area contributed by atoms with Crippen molar-refractivity contribution in [3.05, 3.63) is 58.1 Å². The van der Waals surface area contributed by atoms with Crippen LogP contribution in [0.25, 0.3) is 0 Å². The Bertz CT molecular complexity index is 605. The van der Waals surface area contributed by atoms with Gasteiger partial charge >= 0.3 is 0 Å². The summed E-state index contributed by atoms with van der Waals surface area (Å²) >= 11 is 12.2. The average molecular weight is 321 g/mol. The smallest absolute Gasteiger partial charge is 0.0456 e. The summed E-state index contributed by atoms with van der Waals surface area (Å²) in [6.45, 7) is 3.01. The van der Waals surface area contributed by atoms with Crippen molar-refractivity contribution in [1.82, 2.24) is 0 Å². The Morgan fingerprint density at radius 3 is 2.38 bits per heavy atom. The number of benzene rings is 2. The maximum absolute atomic E-state index is 6.17. The number of nitrogens with one attached hydrogen (secondary N) is 1. The van der Waals surface area contributed by atoms with E-state index in [2.05, 4.69) is 34.5 Å². The molecule has 2 nitrogen and oxygen atoms in total. The number of hydrogen-bond donors (Lipinski definition) is 1. The molecular weight excluding hydrogens is 303 g/mol. The number of anilines is 2. The van der Waals surface area contributed by atoms with Gasteiger partial charge in [-0.05, 0) is 60.9 Å². The Kier molecular flexibility index (Phi) is 4.57. The van der Waals surface area contributed by atoms with E-state index in [1.165, 1.54) is 31.6 Å². The lowest BCUT2D eigenvalue weighted by Crippen LogP contribution is -2.17. The summed E-state index contributed by atoms with van der Waals surface area (Å²) < 4.78 is 0. The molecule has 0 amide bonds. The van der Waals surface area contributed by atoms with Crippen molar-refractivity contribution >= 4 is 34.6 Å². The molecule has 1 aliphatic rings. The van der Waals surface area contributed by atoms with Crippen LogP contribution in [0.5, 0.6) is 0 Å². The fourth-order valence-electron chi connectivity index (χ4n) is 2.64. The first-order valence-electron chi connectivity index (χ1n) is 7.25. The number of rotatable bonds is 4. The van der Waals surface area contributed by atoms with Crippen LogP contribution in [-0.2, 0) is 6.54 Å². The Morgan fingerprint density at radius 1 is 0.952 bits per heavy atom. The van der Waals surface area contributed by atoms with Gasteiger partial charge in [0.1, 0.15) is 0 Å². The summed E-state index contributed by atoms with van der Waals surface area (Å²) in [4.78, 5) is 2.43. The predicted molar refractivity (Wildman–Crippen MR) is 91.7 cm³/mol. The van der Waals surface area contributed by atoms with Gasteiger partial charge in [-0.15, -0.1) is 0 Å². The van der Waals surface area contributed by atoms with E-state index in [-0.39, 0.29) is 0 Å². The number of nitrogens with zero attached hydrogens (tertiary/aromatic N) is 1. The first-order chi connectivity index (χ1) is 10.2. The standard InChI is InChI=1S/C17H18Cl2N2/c18-14-3-8-17(19)13(11-14)12-20-15-4-6-16(7-5-15)21-9-1-2-10-21/h3-8,11,20H,1-2,9-10,12H2. The highest BCUT2D eigenvalue weighted by Crippen LogP contribution is 2.24. The van der Waals surface area contributed by atoms with Crippen LogP contribution >= 0.6 is 23.2 Å². The summed E-state index contributed by atoms with van der Waals surface area (Å²) in [7, 11) is 0. The molecule has 1 aliphatic heterocycles. The van der Waals surface area contributed by atoms with Crippen LogP contribution in [0.3, 0.4) is 0 Å². The summed E-state index contributed by atoms with van der Waals surface area (Å²) in [6.07, 6.45) is 2.60. The zero-order chi connectivity index (χ0) is 14.7. The van der Waals surface area contributed by atoms with E-state index < -0.39 is 0 Å². The molecule has 0 bridgehead atoms. The minimum absolute atomic E-state index is 0.669. The third kappa shape index (κ3) is 3.63. The van der Waals surface area contributed by atoms with Crippen molar-refractivity contribution in [3.8, 4) is 0 Å². The van der Waals surface area contributed by atoms with Gasteiger partial charge in [-0.3, -0.25) is 0 Å². The summed E-state index contributed by atoms with van der Waals surface area (Å²) in [5, 5.41) is 4.83. The van der Waals surface area contributed by atoms with E-state index in [0.29, 0.717) is 11.6 Å². The topological polar surface area (TPSA) is 15.3 Å². The van der Waals surface area contributed by atoms with Gasteiger partial charge in [0.2, 0.25) is 0 Å². The Morgan fingerprint density at radius 2 is 1.67 bits per heavy atom. The molecule has 0 aromatic heterocycles. The lowest BCUT2D eigenvalue weighted by molar-refractivity contribution is 0.949. The molecule has 1 fully saturated rings. The normalized spacial score (nSPS) is 14.5. The first-order valence-corrected chi connectivity index (χ1v) is 8.01. The molecule has 1 N–H and O–H groups in total. The quantitative estimate of drug-likeness (QED) is 0.832. The van der Waals surface area contributed by atoms with Crippen LogP contribution in [0.4, 0.5) is 11.4 Å². The van der Waals surface area contributed by atoms with Crippen LogP contribution in [0.15, 0.2) is 42.5 Å². The second kappa shape index (κ2) is 6.59. The van der Waals surface area contributed by atoms with Crippen molar-refractivity contribution < 1.29 is 0 Å². The van der Waals surface area contributed by atoms with Crippen molar-refractivity contribution in [3.63, 3.8) is 0 Å². The van der Waals surface area contributed by atoms with Crippen molar-refractivity contribution in [2.45, 2.75) is 19.4 Å². The monoisotopic (exact) mass is 320 g/mol. The molecule has 0 unspecified atom stereocenters. The minimum Gasteiger partial charge on any atom is -0.381 e. The molecule has 0 atom stereocenters. The third-order valence-electron chi connectivity index (χ3n) is 3.83. The van der Waals surface area contributed by atoms with Gasteiger partial charge in [0.25, 0.3) is 0 Å². The third-order valence-corrected chi connectivity index (χ3v) is 4.43. The molecule has 0 radical (unpaired) electrons. The highest BCUT2D eigenvalue weighted by molar-refractivity contribution is 6.33. The summed E-state index contributed by atoms with van der Waals surface area (Å²) in [5.41, 5.74) is 3.40. The molecule has 0 saturated carbocycles. The lowest BCUT2D eigenvalue weighted by Gasteiger charge is -2.18. The molecule has 0 aliphatic carbocycles. The SMILES string of the molecule is Clc1ccc(Cl)c(CNc2ccc(N3CCCC3)cc2)c1. The van der Waals surface area contributed by atoms with Gasteiger partial charge in [-0.25, -0.2) is 0 Å². The molecule has 4 heteroatoms. The van der Waals surface area contributed by atoms with Gasteiger partial charge in [0, 0.05) is 41.1 Å². The number of hydrogen-bond acceptors (Lipinski definition) is 2. The molecule has 1 saturated heterocycles. The molecule has 21 heavy (non-hydrogen) atoms. The maximum Gasteiger partial charge on any atom is 0.0456 e. The molecule has 2 aromatic rings. The highest BCUT2D eigenvalue weighted by Gasteiger charge is 2.11. The molecule has 110 valence electrons. The van der Waals surface area contributed by atoms with E-state index in [4.69, 9.17) is 23.2 Å². The van der Waals surface area contributed by atoms with Gasteiger partial charge in [-0.2, -0.15) is 0 Å². The molecule has 2 aromatic carbocycles. The van der Waals surface area contributed by atoms with E-state index in [1.807, 2.05) is 12.1 Å². The van der Waals surface area contributed by atoms with E-state index in [1.54, 1.807) is 6.07 Å². The fourth-order valence-corrected chi connectivity index (χ4v) is 3.02.